The fourth-order valence-corrected chi connectivity index (χ4v) is 1.55. The van der Waals surface area contributed by atoms with E-state index in [0.717, 1.165) is 10.0 Å². The van der Waals surface area contributed by atoms with E-state index in [1.165, 1.54) is 0 Å². The van der Waals surface area contributed by atoms with Crippen molar-refractivity contribution in [3.63, 3.8) is 0 Å². The molecule has 0 atom stereocenters. The summed E-state index contributed by atoms with van der Waals surface area (Å²) >= 11 is 3.31. The molecular weight excluding hydrogens is 230 g/mol. The van der Waals surface area contributed by atoms with Gasteiger partial charge in [-0.1, -0.05) is 22.0 Å². The number of nitrogens with zero attached hydrogens (tertiary/aromatic N) is 1. The lowest BCUT2D eigenvalue weighted by Crippen LogP contribution is -1.97. The SMILES string of the molecule is CC(=O)Cc1ccc(C#N)cc1Br. The van der Waals surface area contributed by atoms with Crippen LogP contribution in [0.4, 0.5) is 0 Å². The van der Waals surface area contributed by atoms with E-state index < -0.39 is 0 Å². The average molecular weight is 238 g/mol. The molecule has 0 spiro atoms. The minimum Gasteiger partial charge on any atom is -0.300 e. The van der Waals surface area contributed by atoms with Crippen LogP contribution in [0.5, 0.6) is 0 Å². The van der Waals surface area contributed by atoms with Crippen LogP contribution in [0.25, 0.3) is 0 Å². The minimum absolute atomic E-state index is 0.116. The normalized spacial score (nSPS) is 9.31. The molecule has 0 unspecified atom stereocenters. The van der Waals surface area contributed by atoms with Gasteiger partial charge in [-0.25, -0.2) is 0 Å². The second kappa shape index (κ2) is 4.20. The molecule has 3 heteroatoms. The zero-order chi connectivity index (χ0) is 9.84. The van der Waals surface area contributed by atoms with Crippen LogP contribution in [-0.4, -0.2) is 5.78 Å². The zero-order valence-electron chi connectivity index (χ0n) is 7.17. The first-order valence-corrected chi connectivity index (χ1v) is 4.60. The Morgan fingerprint density at radius 1 is 1.62 bits per heavy atom. The largest absolute Gasteiger partial charge is 0.300 e. The molecule has 0 saturated heterocycles. The highest BCUT2D eigenvalue weighted by molar-refractivity contribution is 9.10. The van der Waals surface area contributed by atoms with Gasteiger partial charge in [0.25, 0.3) is 0 Å². The topological polar surface area (TPSA) is 40.9 Å². The maximum Gasteiger partial charge on any atom is 0.134 e. The third kappa shape index (κ3) is 2.67. The number of Topliss-reactive ketones (excluding diaryl/α,β-unsaturated/α-hetero) is 1. The fourth-order valence-electron chi connectivity index (χ4n) is 1.03. The molecular formula is C10H8BrNO. The Labute approximate surface area is 85.3 Å². The smallest absolute Gasteiger partial charge is 0.134 e. The Morgan fingerprint density at radius 3 is 2.77 bits per heavy atom. The van der Waals surface area contributed by atoms with Crippen LogP contribution in [0, 0.1) is 11.3 Å². The molecule has 13 heavy (non-hydrogen) atoms. The average Bonchev–Trinajstić information content (AvgIpc) is 2.08. The molecule has 1 aromatic rings. The van der Waals surface area contributed by atoms with E-state index in [1.54, 1.807) is 25.1 Å². The Hall–Kier alpha value is -1.14. The van der Waals surface area contributed by atoms with Crippen LogP contribution in [0.2, 0.25) is 0 Å². The molecule has 0 radical (unpaired) electrons. The molecule has 2 nitrogen and oxygen atoms in total. The summed E-state index contributed by atoms with van der Waals surface area (Å²) in [6, 6.07) is 7.26. The van der Waals surface area contributed by atoms with E-state index in [1.807, 2.05) is 6.07 Å². The predicted octanol–water partition coefficient (Wildman–Crippen LogP) is 2.45. The number of carbonyl (C=O) groups is 1. The highest BCUT2D eigenvalue weighted by atomic mass is 79.9. The van der Waals surface area contributed by atoms with Gasteiger partial charge in [0.2, 0.25) is 0 Å². The van der Waals surface area contributed by atoms with E-state index >= 15 is 0 Å². The minimum atomic E-state index is 0.116. The molecule has 0 saturated carbocycles. The molecule has 66 valence electrons. The molecule has 0 aliphatic heterocycles. The van der Waals surface area contributed by atoms with Crippen LogP contribution in [0.3, 0.4) is 0 Å². The lowest BCUT2D eigenvalue weighted by molar-refractivity contribution is -0.116. The molecule has 0 aromatic heterocycles. The summed E-state index contributed by atoms with van der Waals surface area (Å²) in [6.07, 6.45) is 0.409. The van der Waals surface area contributed by atoms with Gasteiger partial charge in [0, 0.05) is 10.9 Å². The Balaban J connectivity index is 3.00. The number of rotatable bonds is 2. The lowest BCUT2D eigenvalue weighted by Gasteiger charge is -2.01. The van der Waals surface area contributed by atoms with Crippen molar-refractivity contribution in [3.8, 4) is 6.07 Å². The van der Waals surface area contributed by atoms with Gasteiger partial charge in [0.15, 0.2) is 0 Å². The fraction of sp³-hybridized carbons (Fsp3) is 0.200. The maximum absolute atomic E-state index is 10.8. The highest BCUT2D eigenvalue weighted by Gasteiger charge is 2.03. The number of hydrogen-bond acceptors (Lipinski definition) is 2. The first-order chi connectivity index (χ1) is 6.13. The lowest BCUT2D eigenvalue weighted by atomic mass is 10.1. The Bertz CT molecular complexity index is 379. The molecule has 0 aliphatic carbocycles. The van der Waals surface area contributed by atoms with Crippen molar-refractivity contribution in [1.82, 2.24) is 0 Å². The van der Waals surface area contributed by atoms with Gasteiger partial charge in [-0.15, -0.1) is 0 Å². The molecule has 0 aliphatic rings. The number of hydrogen-bond donors (Lipinski definition) is 0. The van der Waals surface area contributed by atoms with Crippen molar-refractivity contribution in [1.29, 1.82) is 5.26 Å². The predicted molar refractivity (Wildman–Crippen MR) is 53.2 cm³/mol. The molecule has 0 heterocycles. The van der Waals surface area contributed by atoms with Crippen LogP contribution in [0.15, 0.2) is 22.7 Å². The van der Waals surface area contributed by atoms with Gasteiger partial charge >= 0.3 is 0 Å². The first-order valence-electron chi connectivity index (χ1n) is 3.81. The second-order valence-electron chi connectivity index (χ2n) is 2.80. The number of carbonyl (C=O) groups excluding carboxylic acids is 1. The summed E-state index contributed by atoms with van der Waals surface area (Å²) in [5.41, 5.74) is 1.52. The van der Waals surface area contributed by atoms with Crippen molar-refractivity contribution in [3.05, 3.63) is 33.8 Å². The van der Waals surface area contributed by atoms with Crippen molar-refractivity contribution in [2.45, 2.75) is 13.3 Å². The monoisotopic (exact) mass is 237 g/mol. The summed E-state index contributed by atoms with van der Waals surface area (Å²) < 4.78 is 0.821. The van der Waals surface area contributed by atoms with Gasteiger partial charge in [-0.3, -0.25) is 4.79 Å². The van der Waals surface area contributed by atoms with E-state index in [-0.39, 0.29) is 5.78 Å². The molecule has 1 rings (SSSR count). The number of halogens is 1. The van der Waals surface area contributed by atoms with E-state index in [9.17, 15) is 4.79 Å². The van der Waals surface area contributed by atoms with Crippen molar-refractivity contribution < 1.29 is 4.79 Å². The summed E-state index contributed by atoms with van der Waals surface area (Å²) in [7, 11) is 0. The number of ketones is 1. The molecule has 0 fully saturated rings. The summed E-state index contributed by atoms with van der Waals surface area (Å²) in [5, 5.41) is 8.60. The summed E-state index contributed by atoms with van der Waals surface area (Å²) in [5.74, 6) is 0.116. The zero-order valence-corrected chi connectivity index (χ0v) is 8.76. The standard InChI is InChI=1S/C10H8BrNO/c1-7(13)4-9-3-2-8(6-12)5-10(9)11/h2-3,5H,4H2,1H3. The Morgan fingerprint density at radius 2 is 2.31 bits per heavy atom. The van der Waals surface area contributed by atoms with E-state index in [0.29, 0.717) is 12.0 Å². The van der Waals surface area contributed by atoms with E-state index in [2.05, 4.69) is 15.9 Å². The maximum atomic E-state index is 10.8. The van der Waals surface area contributed by atoms with Gasteiger partial charge < -0.3 is 0 Å². The van der Waals surface area contributed by atoms with Crippen LogP contribution in [0.1, 0.15) is 18.1 Å². The van der Waals surface area contributed by atoms with E-state index in [4.69, 9.17) is 5.26 Å². The third-order valence-electron chi connectivity index (χ3n) is 1.62. The molecule has 0 N–H and O–H groups in total. The molecule has 0 bridgehead atoms. The first kappa shape index (κ1) is 9.94. The van der Waals surface area contributed by atoms with Crippen LogP contribution >= 0.6 is 15.9 Å². The molecule has 1 aromatic carbocycles. The summed E-state index contributed by atoms with van der Waals surface area (Å²) in [6.45, 7) is 1.55. The number of benzene rings is 1. The van der Waals surface area contributed by atoms with Crippen LogP contribution < -0.4 is 0 Å². The summed E-state index contributed by atoms with van der Waals surface area (Å²) in [4.78, 5) is 10.8. The van der Waals surface area contributed by atoms with Gasteiger partial charge in [0.1, 0.15) is 5.78 Å². The van der Waals surface area contributed by atoms with Crippen LogP contribution in [-0.2, 0) is 11.2 Å². The van der Waals surface area contributed by atoms with Gasteiger partial charge in [0.05, 0.1) is 11.6 Å². The van der Waals surface area contributed by atoms with Gasteiger partial charge in [-0.2, -0.15) is 5.26 Å². The van der Waals surface area contributed by atoms with Gasteiger partial charge in [-0.05, 0) is 24.6 Å². The number of nitriles is 1. The van der Waals surface area contributed by atoms with Crippen molar-refractivity contribution >= 4 is 21.7 Å². The van der Waals surface area contributed by atoms with Crippen molar-refractivity contribution in [2.24, 2.45) is 0 Å². The highest BCUT2D eigenvalue weighted by Crippen LogP contribution is 2.18. The quantitative estimate of drug-likeness (QED) is 0.793. The second-order valence-corrected chi connectivity index (χ2v) is 3.65. The third-order valence-corrected chi connectivity index (χ3v) is 2.36. The molecule has 0 amide bonds. The van der Waals surface area contributed by atoms with Crippen molar-refractivity contribution in [2.75, 3.05) is 0 Å². The Kier molecular flexibility index (Phi) is 3.21.